The van der Waals surface area contributed by atoms with Crippen LogP contribution in [-0.2, 0) is 19.3 Å². The molecule has 0 unspecified atom stereocenters. The second-order valence-corrected chi connectivity index (χ2v) is 5.99. The Kier molecular flexibility index (Phi) is 2.17. The second kappa shape index (κ2) is 4.05. The first-order valence-corrected chi connectivity index (χ1v) is 7.59. The number of hydrogen-bond acceptors (Lipinski definition) is 1. The lowest BCUT2D eigenvalue weighted by Crippen LogP contribution is -2.07. The molecule has 0 saturated carbocycles. The first-order valence-electron chi connectivity index (χ1n) is 7.59. The summed E-state index contributed by atoms with van der Waals surface area (Å²) in [6.07, 6.45) is 3.28. The Morgan fingerprint density at radius 2 is 1.24 bits per heavy atom. The highest BCUT2D eigenvalue weighted by Crippen LogP contribution is 2.40. The molecule has 1 aromatic heterocycles. The van der Waals surface area contributed by atoms with Crippen molar-refractivity contribution in [2.45, 2.75) is 19.3 Å². The van der Waals surface area contributed by atoms with E-state index >= 15 is 0 Å². The van der Waals surface area contributed by atoms with E-state index < -0.39 is 0 Å². The molecule has 21 heavy (non-hydrogen) atoms. The van der Waals surface area contributed by atoms with E-state index in [0.29, 0.717) is 0 Å². The Balaban J connectivity index is 1.78. The first kappa shape index (κ1) is 11.3. The normalized spacial score (nSPS) is 14.1. The Morgan fingerprint density at radius 1 is 0.619 bits per heavy atom. The van der Waals surface area contributed by atoms with E-state index in [-0.39, 0.29) is 0 Å². The molecule has 0 N–H and O–H groups in total. The lowest BCUT2D eigenvalue weighted by Gasteiger charge is -2.20. The van der Waals surface area contributed by atoms with E-state index in [2.05, 4.69) is 54.6 Å². The van der Waals surface area contributed by atoms with Crippen molar-refractivity contribution in [3.05, 3.63) is 76.9 Å². The number of benzene rings is 2. The van der Waals surface area contributed by atoms with Gasteiger partial charge in [0.2, 0.25) is 0 Å². The molecule has 0 amide bonds. The van der Waals surface area contributed by atoms with Crippen molar-refractivity contribution >= 4 is 0 Å². The van der Waals surface area contributed by atoms with Gasteiger partial charge in [0.1, 0.15) is 0 Å². The van der Waals surface area contributed by atoms with E-state index in [1.807, 2.05) is 0 Å². The molecule has 0 fully saturated rings. The quantitative estimate of drug-likeness (QED) is 0.460. The summed E-state index contributed by atoms with van der Waals surface area (Å²) < 4.78 is 0. The average Bonchev–Trinajstić information content (AvgIpc) is 2.90. The van der Waals surface area contributed by atoms with Gasteiger partial charge in [-0.1, -0.05) is 54.6 Å². The summed E-state index contributed by atoms with van der Waals surface area (Å²) in [6, 6.07) is 19.8. The van der Waals surface area contributed by atoms with Crippen LogP contribution in [0.3, 0.4) is 0 Å². The van der Waals surface area contributed by atoms with E-state index in [9.17, 15) is 0 Å². The van der Waals surface area contributed by atoms with Gasteiger partial charge in [0, 0.05) is 17.5 Å². The fraction of sp³-hybridized carbons (Fsp3) is 0.150. The summed E-state index contributed by atoms with van der Waals surface area (Å²) in [7, 11) is 0. The van der Waals surface area contributed by atoms with Crippen molar-refractivity contribution < 1.29 is 0 Å². The zero-order valence-corrected chi connectivity index (χ0v) is 11.8. The van der Waals surface area contributed by atoms with Crippen LogP contribution >= 0.6 is 0 Å². The van der Waals surface area contributed by atoms with Crippen LogP contribution in [0.15, 0.2) is 54.6 Å². The largest absolute Gasteiger partial charge is 0.247 e. The van der Waals surface area contributed by atoms with E-state index in [1.165, 1.54) is 44.8 Å². The highest BCUT2D eigenvalue weighted by atomic mass is 14.7. The van der Waals surface area contributed by atoms with Crippen LogP contribution in [0.4, 0.5) is 0 Å². The summed E-state index contributed by atoms with van der Waals surface area (Å²) >= 11 is 0. The van der Waals surface area contributed by atoms with Gasteiger partial charge in [-0.15, -0.1) is 0 Å². The summed E-state index contributed by atoms with van der Waals surface area (Å²) in [5.74, 6) is 0. The summed E-state index contributed by atoms with van der Waals surface area (Å²) in [6.45, 7) is 0. The zero-order chi connectivity index (χ0) is 13.8. The molecule has 100 valence electrons. The van der Waals surface area contributed by atoms with Crippen molar-refractivity contribution in [2.75, 3.05) is 0 Å². The molecule has 0 radical (unpaired) electrons. The molecule has 3 aromatic rings. The van der Waals surface area contributed by atoms with Gasteiger partial charge in [-0.05, 0) is 35.1 Å². The van der Waals surface area contributed by atoms with Gasteiger partial charge < -0.3 is 0 Å². The van der Waals surface area contributed by atoms with Gasteiger partial charge in [-0.2, -0.15) is 0 Å². The maximum absolute atomic E-state index is 5.08. The third kappa shape index (κ3) is 1.55. The molecule has 0 atom stereocenters. The Hall–Kier alpha value is -2.41. The molecule has 1 heterocycles. The molecule has 5 rings (SSSR count). The van der Waals surface area contributed by atoms with Gasteiger partial charge in [-0.3, -0.25) is 0 Å². The molecule has 0 aliphatic heterocycles. The lowest BCUT2D eigenvalue weighted by molar-refractivity contribution is 0.924. The number of aromatic nitrogens is 1. The minimum atomic E-state index is 1.04. The molecule has 0 spiro atoms. The molecule has 0 bridgehead atoms. The van der Waals surface area contributed by atoms with Crippen LogP contribution < -0.4 is 0 Å². The third-order valence-electron chi connectivity index (χ3n) is 4.77. The first-order chi connectivity index (χ1) is 10.4. The number of aryl methyl sites for hydroxylation is 2. The van der Waals surface area contributed by atoms with Gasteiger partial charge in [0.25, 0.3) is 0 Å². The highest BCUT2D eigenvalue weighted by molar-refractivity contribution is 5.79. The monoisotopic (exact) mass is 269 g/mol. The van der Waals surface area contributed by atoms with Gasteiger partial charge >= 0.3 is 0 Å². The molecule has 2 aromatic carbocycles. The number of fused-ring (bicyclic) bond motifs is 6. The fourth-order valence-corrected chi connectivity index (χ4v) is 3.74. The van der Waals surface area contributed by atoms with Crippen molar-refractivity contribution in [1.29, 1.82) is 0 Å². The van der Waals surface area contributed by atoms with Crippen LogP contribution in [0.2, 0.25) is 0 Å². The average molecular weight is 269 g/mol. The molecule has 2 aliphatic rings. The predicted octanol–water partition coefficient (Wildman–Crippen LogP) is 4.42. The summed E-state index contributed by atoms with van der Waals surface area (Å²) in [5, 5.41) is 0. The SMILES string of the molecule is c1ccc2c(c1)CCc1cc3c(nc1-2)-c1ccccc1C3. The van der Waals surface area contributed by atoms with Crippen LogP contribution in [0.5, 0.6) is 0 Å². The Labute approximate surface area is 124 Å². The van der Waals surface area contributed by atoms with E-state index in [4.69, 9.17) is 4.98 Å². The summed E-state index contributed by atoms with van der Waals surface area (Å²) in [4.78, 5) is 5.08. The standard InChI is InChI=1S/C20H15N/c1-3-7-17-13(5-1)9-10-15-12-16-11-14-6-2-4-8-18(14)20(16)21-19(15)17/h1-8,12H,9-11H2. The lowest BCUT2D eigenvalue weighted by atomic mass is 9.88. The molecular weight excluding hydrogens is 254 g/mol. The predicted molar refractivity (Wildman–Crippen MR) is 85.3 cm³/mol. The molecule has 1 heteroatoms. The van der Waals surface area contributed by atoms with Crippen LogP contribution in [-0.4, -0.2) is 4.98 Å². The zero-order valence-electron chi connectivity index (χ0n) is 11.8. The Morgan fingerprint density at radius 3 is 2.10 bits per heavy atom. The maximum Gasteiger partial charge on any atom is 0.0747 e. The van der Waals surface area contributed by atoms with Gasteiger partial charge in [0.05, 0.1) is 11.4 Å². The fourth-order valence-electron chi connectivity index (χ4n) is 3.74. The van der Waals surface area contributed by atoms with Crippen molar-refractivity contribution in [2.24, 2.45) is 0 Å². The Bertz CT molecular complexity index is 877. The second-order valence-electron chi connectivity index (χ2n) is 5.99. The van der Waals surface area contributed by atoms with Crippen LogP contribution in [0, 0.1) is 0 Å². The molecule has 2 aliphatic carbocycles. The minimum absolute atomic E-state index is 1.04. The third-order valence-corrected chi connectivity index (χ3v) is 4.77. The smallest absolute Gasteiger partial charge is 0.0747 e. The van der Waals surface area contributed by atoms with Crippen LogP contribution in [0.1, 0.15) is 22.3 Å². The molecule has 1 nitrogen and oxygen atoms in total. The maximum atomic E-state index is 5.08. The summed E-state index contributed by atoms with van der Waals surface area (Å²) in [5.41, 5.74) is 10.7. The van der Waals surface area contributed by atoms with E-state index in [0.717, 1.165) is 19.3 Å². The molecule has 0 saturated heterocycles. The topological polar surface area (TPSA) is 12.9 Å². The van der Waals surface area contributed by atoms with Crippen molar-refractivity contribution in [3.8, 4) is 22.5 Å². The molecular formula is C20H15N. The van der Waals surface area contributed by atoms with Crippen molar-refractivity contribution in [3.63, 3.8) is 0 Å². The number of nitrogens with zero attached hydrogens (tertiary/aromatic N) is 1. The van der Waals surface area contributed by atoms with Crippen LogP contribution in [0.25, 0.3) is 22.5 Å². The minimum Gasteiger partial charge on any atom is -0.247 e. The van der Waals surface area contributed by atoms with E-state index in [1.54, 1.807) is 0 Å². The number of pyridine rings is 1. The van der Waals surface area contributed by atoms with Gasteiger partial charge in [-0.25, -0.2) is 4.98 Å². The highest BCUT2D eigenvalue weighted by Gasteiger charge is 2.24. The number of rotatable bonds is 0. The van der Waals surface area contributed by atoms with Gasteiger partial charge in [0.15, 0.2) is 0 Å². The number of hydrogen-bond donors (Lipinski definition) is 0. The van der Waals surface area contributed by atoms with Crippen molar-refractivity contribution in [1.82, 2.24) is 4.98 Å².